The second-order valence-corrected chi connectivity index (χ2v) is 2.36. The van der Waals surface area contributed by atoms with Crippen LogP contribution in [0.5, 0.6) is 0 Å². The van der Waals surface area contributed by atoms with E-state index in [1.807, 2.05) is 13.8 Å². The fraction of sp³-hybridized carbons (Fsp3) is 0.857. The van der Waals surface area contributed by atoms with Crippen LogP contribution in [-0.4, -0.2) is 19.1 Å². The first kappa shape index (κ1) is 10.2. The molecule has 0 aliphatic carbocycles. The van der Waals surface area contributed by atoms with Crippen molar-refractivity contribution >= 4 is 6.03 Å². The molecule has 0 spiro atoms. The second kappa shape index (κ2) is 5.97. The van der Waals surface area contributed by atoms with E-state index in [0.717, 1.165) is 12.8 Å². The lowest BCUT2D eigenvalue weighted by Crippen LogP contribution is -2.46. The van der Waals surface area contributed by atoms with Gasteiger partial charge in [0.25, 0.3) is 0 Å². The third-order valence-corrected chi connectivity index (χ3v) is 1.56. The molecule has 4 heteroatoms. The minimum atomic E-state index is -0.166. The third kappa shape index (κ3) is 4.61. The molecule has 0 aromatic carbocycles. The number of carbonyl (C=O) groups is 1. The molecule has 0 atom stereocenters. The molecule has 0 fully saturated rings. The van der Waals surface area contributed by atoms with Crippen LogP contribution < -0.4 is 16.2 Å². The van der Waals surface area contributed by atoms with Gasteiger partial charge in [-0.25, -0.2) is 10.2 Å². The lowest BCUT2D eigenvalue weighted by molar-refractivity contribution is 0.233. The van der Waals surface area contributed by atoms with Gasteiger partial charge in [0, 0.05) is 13.1 Å². The van der Waals surface area contributed by atoms with Crippen molar-refractivity contribution in [2.75, 3.05) is 7.05 Å². The normalized spacial score (nSPS) is 9.82. The van der Waals surface area contributed by atoms with Crippen LogP contribution in [-0.2, 0) is 0 Å². The number of nitrogens with one attached hydrogen (secondary N) is 3. The van der Waals surface area contributed by atoms with Gasteiger partial charge < -0.3 is 5.32 Å². The standard InChI is InChI=1S/C7H17N3O/c1-4-6(5-2)9-7(11)10-8-3/h6,8H,4-5H2,1-3H3,(H2,9,10,11). The SMILES string of the molecule is CCC(CC)NC(=O)NNC. The summed E-state index contributed by atoms with van der Waals surface area (Å²) in [5, 5.41) is 2.80. The molecule has 11 heavy (non-hydrogen) atoms. The first-order chi connectivity index (χ1) is 5.24. The second-order valence-electron chi connectivity index (χ2n) is 2.36. The molecule has 66 valence electrons. The van der Waals surface area contributed by atoms with E-state index in [4.69, 9.17) is 0 Å². The number of urea groups is 1. The van der Waals surface area contributed by atoms with E-state index in [1.54, 1.807) is 7.05 Å². The fourth-order valence-corrected chi connectivity index (χ4v) is 0.828. The van der Waals surface area contributed by atoms with Gasteiger partial charge in [-0.05, 0) is 12.8 Å². The molecule has 0 aromatic heterocycles. The Kier molecular flexibility index (Phi) is 5.56. The monoisotopic (exact) mass is 159 g/mol. The number of hydrogen-bond acceptors (Lipinski definition) is 2. The minimum absolute atomic E-state index is 0.166. The number of amides is 2. The van der Waals surface area contributed by atoms with Crippen LogP contribution in [0.1, 0.15) is 26.7 Å². The summed E-state index contributed by atoms with van der Waals surface area (Å²) in [5.74, 6) is 0. The molecular formula is C7H17N3O. The van der Waals surface area contributed by atoms with Crippen LogP contribution in [0.25, 0.3) is 0 Å². The van der Waals surface area contributed by atoms with E-state index < -0.39 is 0 Å². The van der Waals surface area contributed by atoms with Crippen LogP contribution in [0, 0.1) is 0 Å². The molecule has 3 N–H and O–H groups in total. The first-order valence-electron chi connectivity index (χ1n) is 3.97. The molecule has 0 saturated carbocycles. The highest BCUT2D eigenvalue weighted by Gasteiger charge is 2.05. The van der Waals surface area contributed by atoms with E-state index in [1.165, 1.54) is 0 Å². The van der Waals surface area contributed by atoms with E-state index in [-0.39, 0.29) is 12.1 Å². The van der Waals surface area contributed by atoms with Crippen LogP contribution in [0.3, 0.4) is 0 Å². The summed E-state index contributed by atoms with van der Waals surface area (Å²) in [6.07, 6.45) is 1.93. The topological polar surface area (TPSA) is 53.2 Å². The van der Waals surface area contributed by atoms with Gasteiger partial charge >= 0.3 is 6.03 Å². The maximum Gasteiger partial charge on any atom is 0.329 e. The molecular weight excluding hydrogens is 142 g/mol. The van der Waals surface area contributed by atoms with Crippen molar-refractivity contribution in [3.05, 3.63) is 0 Å². The summed E-state index contributed by atoms with van der Waals surface area (Å²) >= 11 is 0. The predicted octanol–water partition coefficient (Wildman–Crippen LogP) is 0.609. The smallest absolute Gasteiger partial charge is 0.329 e. The van der Waals surface area contributed by atoms with Crippen LogP contribution in [0.15, 0.2) is 0 Å². The van der Waals surface area contributed by atoms with Crippen molar-refractivity contribution < 1.29 is 4.79 Å². The fourth-order valence-electron chi connectivity index (χ4n) is 0.828. The largest absolute Gasteiger partial charge is 0.334 e. The Labute approximate surface area is 67.7 Å². The summed E-state index contributed by atoms with van der Waals surface area (Å²) in [7, 11) is 1.66. The Hall–Kier alpha value is -0.770. The summed E-state index contributed by atoms with van der Waals surface area (Å²) in [5.41, 5.74) is 5.00. The highest BCUT2D eigenvalue weighted by molar-refractivity contribution is 5.73. The van der Waals surface area contributed by atoms with E-state index in [2.05, 4.69) is 16.2 Å². The van der Waals surface area contributed by atoms with Crippen molar-refractivity contribution in [1.29, 1.82) is 0 Å². The average molecular weight is 159 g/mol. The molecule has 0 aliphatic rings. The first-order valence-corrected chi connectivity index (χ1v) is 3.97. The zero-order valence-electron chi connectivity index (χ0n) is 7.40. The van der Waals surface area contributed by atoms with Crippen molar-refractivity contribution in [3.8, 4) is 0 Å². The molecule has 0 rings (SSSR count). The Bertz CT molecular complexity index is 112. The molecule has 2 amide bonds. The number of hydrazine groups is 1. The quantitative estimate of drug-likeness (QED) is 0.526. The molecule has 0 saturated heterocycles. The Morgan fingerprint density at radius 2 is 1.91 bits per heavy atom. The highest BCUT2D eigenvalue weighted by Crippen LogP contribution is 1.94. The van der Waals surface area contributed by atoms with Gasteiger partial charge in [-0.1, -0.05) is 13.8 Å². The van der Waals surface area contributed by atoms with Gasteiger partial charge in [-0.2, -0.15) is 0 Å². The van der Waals surface area contributed by atoms with Gasteiger partial charge in [0.15, 0.2) is 0 Å². The molecule has 0 aromatic rings. The Morgan fingerprint density at radius 3 is 2.27 bits per heavy atom. The summed E-state index contributed by atoms with van der Waals surface area (Å²) in [4.78, 5) is 10.9. The van der Waals surface area contributed by atoms with Crippen molar-refractivity contribution in [1.82, 2.24) is 16.2 Å². The molecule has 0 bridgehead atoms. The van der Waals surface area contributed by atoms with Gasteiger partial charge in [-0.15, -0.1) is 0 Å². The average Bonchev–Trinajstić information content (AvgIpc) is 2.01. The lowest BCUT2D eigenvalue weighted by Gasteiger charge is -2.14. The van der Waals surface area contributed by atoms with Crippen molar-refractivity contribution in [2.45, 2.75) is 32.7 Å². The zero-order chi connectivity index (χ0) is 8.69. The molecule has 4 nitrogen and oxygen atoms in total. The maximum absolute atomic E-state index is 10.9. The molecule has 0 heterocycles. The zero-order valence-corrected chi connectivity index (χ0v) is 7.40. The van der Waals surface area contributed by atoms with E-state index in [9.17, 15) is 4.79 Å². The summed E-state index contributed by atoms with van der Waals surface area (Å²) in [6, 6.07) is 0.115. The number of carbonyl (C=O) groups excluding carboxylic acids is 1. The van der Waals surface area contributed by atoms with Gasteiger partial charge in [0.05, 0.1) is 0 Å². The van der Waals surface area contributed by atoms with Gasteiger partial charge in [-0.3, -0.25) is 5.43 Å². The molecule has 0 unspecified atom stereocenters. The van der Waals surface area contributed by atoms with Crippen LogP contribution in [0.4, 0.5) is 4.79 Å². The number of rotatable bonds is 4. The van der Waals surface area contributed by atoms with Crippen LogP contribution in [0.2, 0.25) is 0 Å². The predicted molar refractivity (Wildman–Crippen MR) is 45.1 cm³/mol. The Morgan fingerprint density at radius 1 is 1.36 bits per heavy atom. The van der Waals surface area contributed by atoms with E-state index in [0.29, 0.717) is 0 Å². The van der Waals surface area contributed by atoms with Gasteiger partial charge in [0.2, 0.25) is 0 Å². The lowest BCUT2D eigenvalue weighted by atomic mass is 10.2. The van der Waals surface area contributed by atoms with Crippen molar-refractivity contribution in [3.63, 3.8) is 0 Å². The summed E-state index contributed by atoms with van der Waals surface area (Å²) in [6.45, 7) is 4.10. The van der Waals surface area contributed by atoms with Crippen molar-refractivity contribution in [2.24, 2.45) is 0 Å². The number of hydrogen-bond donors (Lipinski definition) is 3. The van der Waals surface area contributed by atoms with Gasteiger partial charge in [0.1, 0.15) is 0 Å². The maximum atomic E-state index is 10.9. The van der Waals surface area contributed by atoms with E-state index >= 15 is 0 Å². The Balaban J connectivity index is 3.54. The minimum Gasteiger partial charge on any atom is -0.334 e. The molecule has 0 radical (unpaired) electrons. The summed E-state index contributed by atoms with van der Waals surface area (Å²) < 4.78 is 0. The highest BCUT2D eigenvalue weighted by atomic mass is 16.2. The van der Waals surface area contributed by atoms with Crippen LogP contribution >= 0.6 is 0 Å². The third-order valence-electron chi connectivity index (χ3n) is 1.56. The molecule has 0 aliphatic heterocycles.